The SMILES string of the molecule is Cc1ccc(CSc2nnc(N3C(=O)C(=O)/C(=C(/O)c4ccc5c(c4)C[C@H](C)O5)[C@H]3c3ccc(C(C)C)cc3)s2)cc1. The molecule has 2 aliphatic rings. The van der Waals surface area contributed by atoms with Gasteiger partial charge in [0, 0.05) is 17.7 Å². The minimum atomic E-state index is -0.850. The Labute approximate surface area is 253 Å². The van der Waals surface area contributed by atoms with Crippen molar-refractivity contribution >= 4 is 45.7 Å². The van der Waals surface area contributed by atoms with Crippen molar-refractivity contribution in [3.63, 3.8) is 0 Å². The Kier molecular flexibility index (Phi) is 7.64. The predicted molar refractivity (Wildman–Crippen MR) is 166 cm³/mol. The van der Waals surface area contributed by atoms with Gasteiger partial charge in [-0.15, -0.1) is 10.2 Å². The first-order chi connectivity index (χ1) is 20.2. The molecule has 9 heteroatoms. The van der Waals surface area contributed by atoms with Gasteiger partial charge < -0.3 is 9.84 Å². The molecule has 7 nitrogen and oxygen atoms in total. The molecule has 1 aromatic heterocycles. The first-order valence-corrected chi connectivity index (χ1v) is 15.7. The number of carbonyl (C=O) groups excluding carboxylic acids is 2. The third-order valence-electron chi connectivity index (χ3n) is 7.62. The number of thioether (sulfide) groups is 1. The Morgan fingerprint density at radius 1 is 1.07 bits per heavy atom. The van der Waals surface area contributed by atoms with E-state index in [9.17, 15) is 14.7 Å². The highest BCUT2D eigenvalue weighted by atomic mass is 32.2. The summed E-state index contributed by atoms with van der Waals surface area (Å²) in [5, 5.41) is 20.6. The van der Waals surface area contributed by atoms with Crippen LogP contribution in [0.4, 0.5) is 5.13 Å². The van der Waals surface area contributed by atoms with Gasteiger partial charge >= 0.3 is 5.91 Å². The Morgan fingerprint density at radius 3 is 2.52 bits per heavy atom. The Morgan fingerprint density at radius 2 is 1.81 bits per heavy atom. The lowest BCUT2D eigenvalue weighted by Gasteiger charge is -2.23. The zero-order valence-electron chi connectivity index (χ0n) is 23.8. The first kappa shape index (κ1) is 28.2. The van der Waals surface area contributed by atoms with Crippen LogP contribution in [-0.4, -0.2) is 33.1 Å². The topological polar surface area (TPSA) is 92.6 Å². The molecule has 0 spiro atoms. The molecule has 0 bridgehead atoms. The Hall–Kier alpha value is -3.95. The van der Waals surface area contributed by atoms with Gasteiger partial charge in [-0.3, -0.25) is 14.5 Å². The number of aryl methyl sites for hydroxylation is 1. The number of amides is 1. The first-order valence-electron chi connectivity index (χ1n) is 13.9. The molecule has 0 aliphatic carbocycles. The normalized spacial score (nSPS) is 19.4. The van der Waals surface area contributed by atoms with E-state index in [4.69, 9.17) is 4.74 Å². The number of aromatic nitrogens is 2. The van der Waals surface area contributed by atoms with Gasteiger partial charge in [0.1, 0.15) is 17.6 Å². The van der Waals surface area contributed by atoms with Gasteiger partial charge in [0.15, 0.2) is 4.34 Å². The van der Waals surface area contributed by atoms with Gasteiger partial charge in [-0.1, -0.05) is 91.0 Å². The summed E-state index contributed by atoms with van der Waals surface area (Å²) in [7, 11) is 0. The lowest BCUT2D eigenvalue weighted by molar-refractivity contribution is -0.132. The van der Waals surface area contributed by atoms with E-state index in [-0.39, 0.29) is 17.4 Å². The summed E-state index contributed by atoms with van der Waals surface area (Å²) >= 11 is 2.79. The average molecular weight is 598 g/mol. The quantitative estimate of drug-likeness (QED) is 0.0791. The highest BCUT2D eigenvalue weighted by Crippen LogP contribution is 2.45. The van der Waals surface area contributed by atoms with Crippen LogP contribution in [0.5, 0.6) is 5.75 Å². The lowest BCUT2D eigenvalue weighted by atomic mass is 9.93. The maximum absolute atomic E-state index is 13.6. The van der Waals surface area contributed by atoms with Crippen molar-refractivity contribution in [2.75, 3.05) is 4.90 Å². The summed E-state index contributed by atoms with van der Waals surface area (Å²) in [6.07, 6.45) is 0.747. The molecule has 1 N–H and O–H groups in total. The summed E-state index contributed by atoms with van der Waals surface area (Å²) in [6, 6.07) is 20.6. The number of ether oxygens (including phenoxy) is 1. The van der Waals surface area contributed by atoms with E-state index in [0.29, 0.717) is 38.7 Å². The van der Waals surface area contributed by atoms with Crippen LogP contribution in [-0.2, 0) is 21.8 Å². The molecule has 3 heterocycles. The van der Waals surface area contributed by atoms with E-state index >= 15 is 0 Å². The molecule has 3 aromatic carbocycles. The van der Waals surface area contributed by atoms with Crippen LogP contribution in [0.15, 0.2) is 76.6 Å². The van der Waals surface area contributed by atoms with Gasteiger partial charge in [0.05, 0.1) is 11.6 Å². The van der Waals surface area contributed by atoms with Gasteiger partial charge in [-0.25, -0.2) is 0 Å². The molecule has 0 unspecified atom stereocenters. The highest BCUT2D eigenvalue weighted by Gasteiger charge is 2.48. The van der Waals surface area contributed by atoms with Crippen LogP contribution in [0, 0.1) is 6.92 Å². The zero-order valence-corrected chi connectivity index (χ0v) is 25.5. The molecule has 1 fully saturated rings. The number of anilines is 1. The molecule has 2 atom stereocenters. The van der Waals surface area contributed by atoms with E-state index in [1.165, 1.54) is 33.6 Å². The van der Waals surface area contributed by atoms with Crippen molar-refractivity contribution in [3.05, 3.63) is 106 Å². The van der Waals surface area contributed by atoms with Crippen molar-refractivity contribution in [2.24, 2.45) is 0 Å². The predicted octanol–water partition coefficient (Wildman–Crippen LogP) is 7.21. The smallest absolute Gasteiger partial charge is 0.301 e. The van der Waals surface area contributed by atoms with Crippen molar-refractivity contribution in [3.8, 4) is 5.75 Å². The molecule has 0 radical (unpaired) electrons. The van der Waals surface area contributed by atoms with Crippen LogP contribution < -0.4 is 9.64 Å². The summed E-state index contributed by atoms with van der Waals surface area (Å²) in [5.74, 6) is 0.0877. The van der Waals surface area contributed by atoms with Crippen molar-refractivity contribution in [1.29, 1.82) is 0 Å². The number of hydrogen-bond acceptors (Lipinski definition) is 8. The molecule has 1 saturated heterocycles. The van der Waals surface area contributed by atoms with Crippen molar-refractivity contribution in [2.45, 2.75) is 62.3 Å². The fourth-order valence-electron chi connectivity index (χ4n) is 5.32. The number of fused-ring (bicyclic) bond motifs is 1. The standard InChI is InChI=1S/C33H31N3O4S2/c1-18(2)22-9-11-23(12-10-22)28-27(29(37)24-13-14-26-25(16-24)15-20(4)40-26)30(38)31(39)36(28)32-34-35-33(42-32)41-17-21-7-5-19(3)6-8-21/h5-14,16,18,20,28,37H,15,17H2,1-4H3/b29-27+/t20-,28+/m0/s1. The molecule has 0 saturated carbocycles. The number of aliphatic hydroxyl groups excluding tert-OH is 1. The zero-order chi connectivity index (χ0) is 29.5. The third kappa shape index (κ3) is 5.34. The molecule has 42 heavy (non-hydrogen) atoms. The fourth-order valence-corrected chi connectivity index (χ4v) is 7.14. The third-order valence-corrected chi connectivity index (χ3v) is 9.74. The second kappa shape index (κ2) is 11.4. The monoisotopic (exact) mass is 597 g/mol. The second-order valence-corrected chi connectivity index (χ2v) is 13.2. The molecular formula is C33H31N3O4S2. The Bertz CT molecular complexity index is 1690. The molecule has 4 aromatic rings. The second-order valence-electron chi connectivity index (χ2n) is 11.1. The maximum atomic E-state index is 13.6. The number of carbonyl (C=O) groups is 2. The summed E-state index contributed by atoms with van der Waals surface area (Å²) in [4.78, 5) is 28.6. The minimum Gasteiger partial charge on any atom is -0.507 e. The highest BCUT2D eigenvalue weighted by molar-refractivity contribution is 8.00. The number of hydrogen-bond donors (Lipinski definition) is 1. The Balaban J connectivity index is 1.39. The van der Waals surface area contributed by atoms with Crippen LogP contribution >= 0.6 is 23.1 Å². The van der Waals surface area contributed by atoms with Gasteiger partial charge in [-0.2, -0.15) is 0 Å². The van der Waals surface area contributed by atoms with E-state index in [0.717, 1.165) is 22.4 Å². The number of aliphatic hydroxyl groups is 1. The number of nitrogens with zero attached hydrogens (tertiary/aromatic N) is 3. The molecule has 1 amide bonds. The van der Waals surface area contributed by atoms with Crippen LogP contribution in [0.1, 0.15) is 66.1 Å². The van der Waals surface area contributed by atoms with E-state index in [2.05, 4.69) is 55.2 Å². The summed E-state index contributed by atoms with van der Waals surface area (Å²) in [5.41, 5.74) is 5.66. The molecule has 6 rings (SSSR count). The summed E-state index contributed by atoms with van der Waals surface area (Å²) in [6.45, 7) is 8.25. The van der Waals surface area contributed by atoms with Gasteiger partial charge in [0.25, 0.3) is 5.78 Å². The molecule has 2 aliphatic heterocycles. The van der Waals surface area contributed by atoms with Crippen molar-refractivity contribution in [1.82, 2.24) is 10.2 Å². The fraction of sp³-hybridized carbons (Fsp3) is 0.273. The largest absolute Gasteiger partial charge is 0.507 e. The van der Waals surface area contributed by atoms with E-state index < -0.39 is 17.7 Å². The average Bonchev–Trinajstić information content (AvgIpc) is 3.67. The summed E-state index contributed by atoms with van der Waals surface area (Å²) < 4.78 is 6.50. The number of Topliss-reactive ketones (excluding diaryl/α,β-unsaturated/α-hetero) is 1. The van der Waals surface area contributed by atoms with Gasteiger partial charge in [-0.05, 0) is 60.2 Å². The van der Waals surface area contributed by atoms with E-state index in [1.807, 2.05) is 37.3 Å². The molecular weight excluding hydrogens is 567 g/mol. The van der Waals surface area contributed by atoms with E-state index in [1.54, 1.807) is 12.1 Å². The lowest BCUT2D eigenvalue weighted by Crippen LogP contribution is -2.29. The minimum absolute atomic E-state index is 0.0354. The van der Waals surface area contributed by atoms with Crippen LogP contribution in [0.3, 0.4) is 0 Å². The number of ketones is 1. The molecule has 214 valence electrons. The van der Waals surface area contributed by atoms with Crippen molar-refractivity contribution < 1.29 is 19.4 Å². The number of benzene rings is 3. The van der Waals surface area contributed by atoms with Crippen LogP contribution in [0.25, 0.3) is 5.76 Å². The maximum Gasteiger partial charge on any atom is 0.301 e. The van der Waals surface area contributed by atoms with Crippen LogP contribution in [0.2, 0.25) is 0 Å². The number of rotatable bonds is 7. The van der Waals surface area contributed by atoms with Gasteiger partial charge in [0.2, 0.25) is 5.13 Å².